The van der Waals surface area contributed by atoms with Crippen molar-refractivity contribution in [1.29, 1.82) is 0 Å². The first-order valence-electron chi connectivity index (χ1n) is 6.05. The van der Waals surface area contributed by atoms with Gasteiger partial charge in [0.05, 0.1) is 4.47 Å². The van der Waals surface area contributed by atoms with Gasteiger partial charge >= 0.3 is 0 Å². The second kappa shape index (κ2) is 5.97. The van der Waals surface area contributed by atoms with Gasteiger partial charge in [0.15, 0.2) is 0 Å². The van der Waals surface area contributed by atoms with Gasteiger partial charge in [0.25, 0.3) is 0 Å². The van der Waals surface area contributed by atoms with Crippen molar-refractivity contribution in [1.82, 2.24) is 0 Å². The summed E-state index contributed by atoms with van der Waals surface area (Å²) in [4.78, 5) is 2.06. The fourth-order valence-electron chi connectivity index (χ4n) is 1.78. The van der Waals surface area contributed by atoms with Crippen LogP contribution in [0.5, 0.6) is 5.75 Å². The van der Waals surface area contributed by atoms with Crippen LogP contribution < -0.4 is 10.2 Å². The molecule has 19 heavy (non-hydrogen) atoms. The fourth-order valence-corrected chi connectivity index (χ4v) is 2.18. The topological polar surface area (TPSA) is 35.5 Å². The molecule has 2 aromatic rings. The average molecular weight is 321 g/mol. The van der Waals surface area contributed by atoms with E-state index in [2.05, 4.69) is 38.3 Å². The number of hydrogen-bond donors (Lipinski definition) is 2. The van der Waals surface area contributed by atoms with Gasteiger partial charge in [-0.25, -0.2) is 0 Å². The monoisotopic (exact) mass is 320 g/mol. The first kappa shape index (κ1) is 13.7. The summed E-state index contributed by atoms with van der Waals surface area (Å²) in [6, 6.07) is 13.8. The Morgan fingerprint density at radius 2 is 1.79 bits per heavy atom. The van der Waals surface area contributed by atoms with Gasteiger partial charge in [-0.1, -0.05) is 12.1 Å². The smallest absolute Gasteiger partial charge is 0.134 e. The van der Waals surface area contributed by atoms with E-state index < -0.39 is 0 Å². The Morgan fingerprint density at radius 3 is 2.42 bits per heavy atom. The molecule has 0 aliphatic rings. The number of nitrogens with zero attached hydrogens (tertiary/aromatic N) is 1. The molecule has 0 saturated heterocycles. The van der Waals surface area contributed by atoms with Gasteiger partial charge in [-0.05, 0) is 46.3 Å². The minimum atomic E-state index is 0.292. The molecule has 0 spiro atoms. The lowest BCUT2D eigenvalue weighted by atomic mass is 10.2. The van der Waals surface area contributed by atoms with E-state index in [9.17, 15) is 5.11 Å². The van der Waals surface area contributed by atoms with Crippen molar-refractivity contribution in [3.63, 3.8) is 0 Å². The van der Waals surface area contributed by atoms with Crippen LogP contribution in [0.25, 0.3) is 0 Å². The third kappa shape index (κ3) is 3.41. The Hall–Kier alpha value is -1.68. The maximum atomic E-state index is 9.90. The first-order chi connectivity index (χ1) is 9.08. The maximum Gasteiger partial charge on any atom is 0.134 e. The number of anilines is 2. The highest BCUT2D eigenvalue weighted by atomic mass is 79.9. The zero-order valence-electron chi connectivity index (χ0n) is 11.0. The molecule has 0 aromatic heterocycles. The van der Waals surface area contributed by atoms with Crippen molar-refractivity contribution in [3.05, 3.63) is 52.5 Å². The molecular formula is C15H17BrN2O. The summed E-state index contributed by atoms with van der Waals surface area (Å²) < 4.78 is 0.717. The Morgan fingerprint density at radius 1 is 1.11 bits per heavy atom. The van der Waals surface area contributed by atoms with E-state index in [4.69, 9.17) is 0 Å². The van der Waals surface area contributed by atoms with Crippen LogP contribution >= 0.6 is 15.9 Å². The van der Waals surface area contributed by atoms with Gasteiger partial charge in [0.2, 0.25) is 0 Å². The molecular weight excluding hydrogens is 304 g/mol. The van der Waals surface area contributed by atoms with Crippen LogP contribution in [-0.4, -0.2) is 19.2 Å². The number of phenols is 1. The van der Waals surface area contributed by atoms with Crippen LogP contribution in [0.1, 0.15) is 5.56 Å². The molecule has 0 amide bonds. The Labute approximate surface area is 122 Å². The van der Waals surface area contributed by atoms with Crippen LogP contribution in [0.15, 0.2) is 46.9 Å². The van der Waals surface area contributed by atoms with Crippen LogP contribution in [0.4, 0.5) is 11.4 Å². The van der Waals surface area contributed by atoms with Gasteiger partial charge in [0.1, 0.15) is 5.75 Å². The third-order valence-corrected chi connectivity index (χ3v) is 3.58. The lowest BCUT2D eigenvalue weighted by Gasteiger charge is -2.14. The van der Waals surface area contributed by atoms with Gasteiger partial charge in [-0.3, -0.25) is 0 Å². The number of benzene rings is 2. The molecule has 4 heteroatoms. The SMILES string of the molecule is CN(C)c1ccc(NCc2cccc(Br)c2O)cc1. The van der Waals surface area contributed by atoms with E-state index in [-0.39, 0.29) is 0 Å². The van der Waals surface area contributed by atoms with Crippen LogP contribution in [-0.2, 0) is 6.54 Å². The number of rotatable bonds is 4. The second-order valence-corrected chi connectivity index (χ2v) is 5.40. The normalized spacial score (nSPS) is 10.3. The van der Waals surface area contributed by atoms with Gasteiger partial charge in [-0.2, -0.15) is 0 Å². The van der Waals surface area contributed by atoms with Crippen LogP contribution in [0, 0.1) is 0 Å². The summed E-state index contributed by atoms with van der Waals surface area (Å²) in [5.74, 6) is 0.292. The molecule has 0 fully saturated rings. The van der Waals surface area contributed by atoms with Gasteiger partial charge in [0, 0.05) is 37.6 Å². The van der Waals surface area contributed by atoms with Gasteiger partial charge in [-0.15, -0.1) is 0 Å². The molecule has 2 rings (SSSR count). The van der Waals surface area contributed by atoms with Crippen molar-refractivity contribution < 1.29 is 5.11 Å². The molecule has 2 aromatic carbocycles. The summed E-state index contributed by atoms with van der Waals surface area (Å²) >= 11 is 3.31. The van der Waals surface area contributed by atoms with Crippen LogP contribution in [0.3, 0.4) is 0 Å². The van der Waals surface area contributed by atoms with Crippen molar-refractivity contribution in [2.75, 3.05) is 24.3 Å². The molecule has 0 aliphatic carbocycles. The zero-order chi connectivity index (χ0) is 13.8. The Bertz CT molecular complexity index is 553. The highest BCUT2D eigenvalue weighted by Crippen LogP contribution is 2.28. The number of nitrogens with one attached hydrogen (secondary N) is 1. The number of aromatic hydroxyl groups is 1. The fraction of sp³-hybridized carbons (Fsp3) is 0.200. The quantitative estimate of drug-likeness (QED) is 0.898. The highest BCUT2D eigenvalue weighted by molar-refractivity contribution is 9.10. The number of halogens is 1. The molecule has 0 aliphatic heterocycles. The van der Waals surface area contributed by atoms with Crippen molar-refractivity contribution in [2.45, 2.75) is 6.54 Å². The summed E-state index contributed by atoms with van der Waals surface area (Å²) in [6.07, 6.45) is 0. The minimum absolute atomic E-state index is 0.292. The predicted octanol–water partition coefficient (Wildman–Crippen LogP) is 3.83. The number of para-hydroxylation sites is 1. The molecule has 2 N–H and O–H groups in total. The molecule has 0 bridgehead atoms. The Balaban J connectivity index is 2.04. The summed E-state index contributed by atoms with van der Waals surface area (Å²) in [7, 11) is 4.03. The Kier molecular flexibility index (Phi) is 4.32. The molecule has 0 saturated carbocycles. The van der Waals surface area contributed by atoms with E-state index in [0.29, 0.717) is 12.3 Å². The maximum absolute atomic E-state index is 9.90. The highest BCUT2D eigenvalue weighted by Gasteiger charge is 2.04. The number of phenolic OH excluding ortho intramolecular Hbond substituents is 1. The minimum Gasteiger partial charge on any atom is -0.506 e. The molecule has 0 unspecified atom stereocenters. The molecule has 3 nitrogen and oxygen atoms in total. The lowest BCUT2D eigenvalue weighted by molar-refractivity contribution is 0.465. The van der Waals surface area contributed by atoms with Gasteiger partial charge < -0.3 is 15.3 Å². The summed E-state index contributed by atoms with van der Waals surface area (Å²) in [5, 5.41) is 13.2. The second-order valence-electron chi connectivity index (χ2n) is 4.54. The first-order valence-corrected chi connectivity index (χ1v) is 6.85. The van der Waals surface area contributed by atoms with E-state index in [1.165, 1.54) is 0 Å². The van der Waals surface area contributed by atoms with Crippen molar-refractivity contribution in [2.24, 2.45) is 0 Å². The van der Waals surface area contributed by atoms with Crippen molar-refractivity contribution in [3.8, 4) is 5.75 Å². The van der Waals surface area contributed by atoms with Crippen molar-refractivity contribution >= 4 is 27.3 Å². The zero-order valence-corrected chi connectivity index (χ0v) is 12.6. The molecule has 0 atom stereocenters. The van der Waals surface area contributed by atoms with E-state index >= 15 is 0 Å². The third-order valence-electron chi connectivity index (χ3n) is 2.94. The molecule has 100 valence electrons. The standard InChI is InChI=1S/C15H17BrN2O/c1-18(2)13-8-6-12(7-9-13)17-10-11-4-3-5-14(16)15(11)19/h3-9,17,19H,10H2,1-2H3. The molecule has 0 radical (unpaired) electrons. The lowest BCUT2D eigenvalue weighted by Crippen LogP contribution is -2.08. The largest absolute Gasteiger partial charge is 0.506 e. The van der Waals surface area contributed by atoms with E-state index in [1.54, 1.807) is 0 Å². The number of hydrogen-bond acceptors (Lipinski definition) is 3. The predicted molar refractivity (Wildman–Crippen MR) is 83.9 cm³/mol. The summed E-state index contributed by atoms with van der Waals surface area (Å²) in [5.41, 5.74) is 3.06. The average Bonchev–Trinajstić information content (AvgIpc) is 2.41. The summed E-state index contributed by atoms with van der Waals surface area (Å²) in [6.45, 7) is 0.590. The molecule has 0 heterocycles. The van der Waals surface area contributed by atoms with E-state index in [1.807, 2.05) is 44.4 Å². The van der Waals surface area contributed by atoms with E-state index in [0.717, 1.165) is 21.4 Å². The van der Waals surface area contributed by atoms with Crippen LogP contribution in [0.2, 0.25) is 0 Å².